The lowest BCUT2D eigenvalue weighted by molar-refractivity contribution is 0.00578. The van der Waals surface area contributed by atoms with Crippen molar-refractivity contribution in [3.8, 4) is 113 Å². The van der Waals surface area contributed by atoms with Crippen LogP contribution in [0.4, 0.5) is 0 Å². The average Bonchev–Trinajstić information content (AvgIpc) is 1.03. The summed E-state index contributed by atoms with van der Waals surface area (Å²) in [4.78, 5) is 41.2. The maximum Gasteiger partial charge on any atom is 0.495 e. The van der Waals surface area contributed by atoms with E-state index >= 15 is 0 Å². The Labute approximate surface area is 867 Å². The van der Waals surface area contributed by atoms with Crippen LogP contribution in [-0.4, -0.2) is 94.6 Å². The SMILES string of the molecule is Brc1ccccc1-c1nc(-c2ccccc2)nc2c1sc1ccccc12.Brc1ccccc1Br.CC1(C)OB(B2OC(C)(C)C(C)(C)O2)OC1(C)C.CC1(C)OB(c2ccccc2-c2nc(-c3ccccc3)nc3c2sc2ccccc23)OC1(C)C.c1ccc(-c2nc(-c3ccccc3-c3ccccc3-c3ccccc3-c3nc(-c4ccccc4)nc4c3sc3ccccc34)c3sc4ccccc4c3n2)cc1. The fraction of sp³-hybridized carbons (Fsp3) is 0.153. The quantitative estimate of drug-likeness (QED) is 0.106. The van der Waals surface area contributed by atoms with Gasteiger partial charge in [0.1, 0.15) is 0 Å². The maximum absolute atomic E-state index is 6.44. The van der Waals surface area contributed by atoms with Gasteiger partial charge >= 0.3 is 21.1 Å². The summed E-state index contributed by atoms with van der Waals surface area (Å²) in [7, 11) is -1.42. The highest BCUT2D eigenvalue weighted by Gasteiger charge is 2.64. The van der Waals surface area contributed by atoms with E-state index < -0.39 is 32.3 Å². The third kappa shape index (κ3) is 18.7. The van der Waals surface area contributed by atoms with Gasteiger partial charge in [-0.2, -0.15) is 0 Å². The van der Waals surface area contributed by atoms with Crippen LogP contribution in [0.1, 0.15) is 83.1 Å². The lowest BCUT2D eigenvalue weighted by atomic mass is 9.49. The molecule has 14 nitrogen and oxygen atoms in total. The van der Waals surface area contributed by atoms with Crippen molar-refractivity contribution in [2.45, 2.75) is 117 Å². The van der Waals surface area contributed by atoms with Crippen molar-refractivity contribution in [2.24, 2.45) is 0 Å². The molecule has 0 aliphatic carbocycles. The Balaban J connectivity index is 0.000000118. The number of aromatic nitrogens is 8. The van der Waals surface area contributed by atoms with Crippen molar-refractivity contribution in [3.05, 3.63) is 377 Å². The number of hydrogen-bond donors (Lipinski definition) is 0. The lowest BCUT2D eigenvalue weighted by Gasteiger charge is -2.32. The molecule has 3 aliphatic rings. The molecule has 3 fully saturated rings. The molecule has 8 aromatic heterocycles. The van der Waals surface area contributed by atoms with Gasteiger partial charge in [0.2, 0.25) is 0 Å². The van der Waals surface area contributed by atoms with Crippen LogP contribution in [0, 0.1) is 0 Å². The highest BCUT2D eigenvalue weighted by Crippen LogP contribution is 2.51. The molecule has 0 saturated carbocycles. The van der Waals surface area contributed by atoms with Crippen LogP contribution in [0.5, 0.6) is 0 Å². The van der Waals surface area contributed by atoms with Crippen molar-refractivity contribution in [3.63, 3.8) is 0 Å². The van der Waals surface area contributed by atoms with Crippen LogP contribution in [0.3, 0.4) is 0 Å². The molecule has 0 radical (unpaired) electrons. The smallest absolute Gasteiger partial charge is 0.405 e. The summed E-state index contributed by atoms with van der Waals surface area (Å²) in [6.45, 7) is 24.5. The molecule has 11 heterocycles. The molecule has 142 heavy (non-hydrogen) atoms. The number of hydrogen-bond acceptors (Lipinski definition) is 18. The van der Waals surface area contributed by atoms with Crippen LogP contribution >= 0.6 is 93.1 Å². The Kier molecular flexibility index (Phi) is 26.6. The van der Waals surface area contributed by atoms with Gasteiger partial charge in [-0.1, -0.05) is 337 Å². The fourth-order valence-electron chi connectivity index (χ4n) is 17.7. The minimum absolute atomic E-state index is 0.360. The Morgan fingerprint density at radius 3 is 0.704 bits per heavy atom. The van der Waals surface area contributed by atoms with E-state index in [0.29, 0.717) is 0 Å². The average molecular weight is 2120 g/mol. The van der Waals surface area contributed by atoms with Crippen molar-refractivity contribution >= 4 is 201 Å². The highest BCUT2D eigenvalue weighted by molar-refractivity contribution is 9.13. The van der Waals surface area contributed by atoms with E-state index in [2.05, 4.69) is 318 Å². The Hall–Kier alpha value is -12.3. The summed E-state index contributed by atoms with van der Waals surface area (Å²) >= 11 is 17.4. The summed E-state index contributed by atoms with van der Waals surface area (Å²) < 4.78 is 49.1. The maximum atomic E-state index is 6.44. The van der Waals surface area contributed by atoms with E-state index in [1.54, 1.807) is 45.3 Å². The number of fused-ring (bicyclic) bond motifs is 12. The van der Waals surface area contributed by atoms with Gasteiger partial charge in [0.25, 0.3) is 0 Å². The fourth-order valence-corrected chi connectivity index (χ4v) is 23.4. The highest BCUT2D eigenvalue weighted by atomic mass is 79.9. The third-order valence-corrected chi connectivity index (χ3v) is 34.6. The molecule has 0 atom stereocenters. The largest absolute Gasteiger partial charge is 0.495 e. The van der Waals surface area contributed by atoms with Crippen molar-refractivity contribution < 1.29 is 27.9 Å². The molecule has 0 N–H and O–H groups in total. The Morgan fingerprint density at radius 1 is 0.204 bits per heavy atom. The normalized spacial score (nSPS) is 15.3. The lowest BCUT2D eigenvalue weighted by Crippen LogP contribution is -2.41. The van der Waals surface area contributed by atoms with Crippen LogP contribution in [-0.2, 0) is 27.9 Å². The third-order valence-electron chi connectivity index (χ3n) is 27.3. The van der Waals surface area contributed by atoms with Gasteiger partial charge in [-0.3, -0.25) is 0 Å². The van der Waals surface area contributed by atoms with Gasteiger partial charge < -0.3 is 27.9 Å². The first-order chi connectivity index (χ1) is 68.6. The molecule has 22 aromatic rings. The van der Waals surface area contributed by atoms with Gasteiger partial charge in [-0.05, 0) is 185 Å². The Morgan fingerprint density at radius 2 is 0.415 bits per heavy atom. The van der Waals surface area contributed by atoms with E-state index in [4.69, 9.17) is 67.8 Å². The van der Waals surface area contributed by atoms with E-state index in [1.807, 2.05) is 177 Å². The topological polar surface area (TPSA) is 158 Å². The summed E-state index contributed by atoms with van der Waals surface area (Å²) in [5.74, 6) is 2.91. The minimum Gasteiger partial charge on any atom is -0.405 e. The van der Waals surface area contributed by atoms with Crippen molar-refractivity contribution in [1.82, 2.24) is 39.9 Å². The molecule has 3 aliphatic heterocycles. The van der Waals surface area contributed by atoms with E-state index in [1.165, 1.54) is 24.2 Å². The molecule has 0 bridgehead atoms. The first-order valence-electron chi connectivity index (χ1n) is 47.2. The molecule has 698 valence electrons. The predicted molar refractivity (Wildman–Crippen MR) is 605 cm³/mol. The van der Waals surface area contributed by atoms with Gasteiger partial charge in [0.05, 0.1) is 97.2 Å². The first-order valence-corrected chi connectivity index (χ1v) is 52.8. The molecule has 14 aromatic carbocycles. The molecule has 0 unspecified atom stereocenters. The molecular weight excluding hydrogens is 2030 g/mol. The zero-order chi connectivity index (χ0) is 98.0. The van der Waals surface area contributed by atoms with Crippen LogP contribution in [0.25, 0.3) is 194 Å². The first kappa shape index (κ1) is 95.8. The van der Waals surface area contributed by atoms with Crippen LogP contribution < -0.4 is 5.46 Å². The summed E-state index contributed by atoms with van der Waals surface area (Å²) in [6.07, 6.45) is 0. The zero-order valence-corrected chi connectivity index (χ0v) is 88.2. The van der Waals surface area contributed by atoms with E-state index in [0.717, 1.165) is 189 Å². The van der Waals surface area contributed by atoms with Crippen molar-refractivity contribution in [1.29, 1.82) is 0 Å². The summed E-state index contributed by atoms with van der Waals surface area (Å²) in [6, 6.07) is 125. The number of thiophene rings is 4. The molecular formula is C118H96B3Br3N8O6S4. The van der Waals surface area contributed by atoms with Crippen molar-refractivity contribution in [2.75, 3.05) is 0 Å². The zero-order valence-electron chi connectivity index (χ0n) is 80.2. The monoisotopic (exact) mass is 2120 g/mol. The second kappa shape index (κ2) is 39.4. The van der Waals surface area contributed by atoms with Crippen LogP contribution in [0.2, 0.25) is 0 Å². The minimum atomic E-state index is -0.476. The van der Waals surface area contributed by atoms with Gasteiger partial charge in [0, 0.05) is 98.3 Å². The molecule has 0 amide bonds. The van der Waals surface area contributed by atoms with Gasteiger partial charge in [-0.25, -0.2) is 39.9 Å². The number of nitrogens with zero attached hydrogens (tertiary/aromatic N) is 8. The number of rotatable bonds is 12. The van der Waals surface area contributed by atoms with E-state index in [9.17, 15) is 0 Å². The van der Waals surface area contributed by atoms with Gasteiger partial charge in [-0.15, -0.1) is 45.3 Å². The number of benzene rings is 14. The van der Waals surface area contributed by atoms with Gasteiger partial charge in [0.15, 0.2) is 23.3 Å². The molecule has 0 spiro atoms. The standard InChI is InChI=1S/C50H30N4S2.C28H25BN2O2S.C22H13BrN2S.C12H24B2O4.C6H4Br2/c1-3-17-31(18-4-1)49-51-43(47-45(53-49)39-27-13-15-29-41(39)55-47)37-25-11-9-23-35(37)33-21-7-8-22-34(33)36-24-10-12-26-38(36)44-48-46(40-28-14-16-30-42(40)56-48)54-50(52-44)32-19-5-2-6-20-32;1-27(2)28(3,4)33-29(32-27)21-16-10-8-14-19(21)23-25-24(20-15-9-11-17-22(20)34-25)31-26(30-23)18-12-6-5-7-13-18;23-17-12-6-4-10-15(17)19-21-20(16-11-5-7-13-18(16)26-21)25-22(24-19)14-8-2-1-3-9-14;1-9(2)10(3,4)16-13(15-9)14-17-11(5,6)12(7,8)18-14;7-5-3-1-2-4-6(5)8/h1-30H;5-17H,1-4H3;1-13H;1-8H3;1-4H. The summed E-state index contributed by atoms with van der Waals surface area (Å²) in [5.41, 5.74) is 19.1. The van der Waals surface area contributed by atoms with E-state index in [-0.39, 0.29) is 22.4 Å². The Bertz CT molecular complexity index is 8180. The summed E-state index contributed by atoms with van der Waals surface area (Å²) in [5, 5.41) is 4.62. The molecule has 25 rings (SSSR count). The molecule has 3 saturated heterocycles. The predicted octanol–water partition coefficient (Wildman–Crippen LogP) is 32.9. The second-order valence-electron chi connectivity index (χ2n) is 38.1. The molecule has 24 heteroatoms. The second-order valence-corrected chi connectivity index (χ2v) is 44.9. The van der Waals surface area contributed by atoms with Crippen LogP contribution in [0.15, 0.2) is 377 Å². The number of halogens is 3.